The fourth-order valence-electron chi connectivity index (χ4n) is 3.75. The Kier molecular flexibility index (Phi) is 5.44. The summed E-state index contributed by atoms with van der Waals surface area (Å²) in [5, 5.41) is 10.6. The molecule has 30 heavy (non-hydrogen) atoms. The van der Waals surface area contributed by atoms with Crippen LogP contribution in [0.4, 0.5) is 10.1 Å². The number of halogens is 1. The summed E-state index contributed by atoms with van der Waals surface area (Å²) in [7, 11) is 0. The highest BCUT2D eigenvalue weighted by Crippen LogP contribution is 2.41. The number of hydrogen-bond donors (Lipinski definition) is 1. The first-order valence-corrected chi connectivity index (χ1v) is 9.70. The van der Waals surface area contributed by atoms with Crippen molar-refractivity contribution in [2.45, 2.75) is 18.9 Å². The van der Waals surface area contributed by atoms with Gasteiger partial charge in [0.25, 0.3) is 5.91 Å². The monoisotopic (exact) mass is 401 g/mol. The Hall–Kier alpha value is -3.73. The minimum Gasteiger partial charge on any atom is -0.503 e. The van der Waals surface area contributed by atoms with Gasteiger partial charge in [-0.05, 0) is 41.8 Å². The predicted molar refractivity (Wildman–Crippen MR) is 112 cm³/mol. The highest BCUT2D eigenvalue weighted by Gasteiger charge is 2.43. The topological polar surface area (TPSA) is 57.6 Å². The molecule has 4 rings (SSSR count). The van der Waals surface area contributed by atoms with Gasteiger partial charge in [-0.2, -0.15) is 0 Å². The number of aliphatic hydroxyl groups excluding tert-OH is 1. The summed E-state index contributed by atoms with van der Waals surface area (Å²) >= 11 is 0. The number of anilines is 1. The zero-order chi connectivity index (χ0) is 21.1. The van der Waals surface area contributed by atoms with Gasteiger partial charge in [-0.1, -0.05) is 60.7 Å². The van der Waals surface area contributed by atoms with Crippen LogP contribution in [-0.2, 0) is 16.0 Å². The summed E-state index contributed by atoms with van der Waals surface area (Å²) in [6.45, 7) is 0. The Morgan fingerprint density at radius 1 is 0.900 bits per heavy atom. The number of amides is 1. The number of Topliss-reactive ketones (excluding diaryl/α,β-unsaturated/α-hetero) is 1. The summed E-state index contributed by atoms with van der Waals surface area (Å²) < 4.78 is 13.4. The van der Waals surface area contributed by atoms with Crippen molar-refractivity contribution in [2.24, 2.45) is 0 Å². The number of ketones is 1. The Morgan fingerprint density at radius 2 is 1.50 bits per heavy atom. The summed E-state index contributed by atoms with van der Waals surface area (Å²) in [5.74, 6) is -1.94. The largest absolute Gasteiger partial charge is 0.503 e. The molecule has 0 bridgehead atoms. The number of aryl methyl sites for hydroxylation is 1. The number of benzene rings is 3. The summed E-state index contributed by atoms with van der Waals surface area (Å²) in [6, 6.07) is 23.3. The number of nitrogens with zero attached hydrogens (tertiary/aromatic N) is 1. The fourth-order valence-corrected chi connectivity index (χ4v) is 3.75. The van der Waals surface area contributed by atoms with Crippen LogP contribution in [-0.4, -0.2) is 16.8 Å². The molecule has 0 spiro atoms. The highest BCUT2D eigenvalue weighted by atomic mass is 19.1. The lowest BCUT2D eigenvalue weighted by Crippen LogP contribution is -2.31. The Bertz CT molecular complexity index is 1090. The zero-order valence-corrected chi connectivity index (χ0v) is 16.2. The average molecular weight is 401 g/mol. The molecule has 1 atom stereocenters. The SMILES string of the molecule is O=C(CCc1ccccc1)C1=C(O)C(=O)N(c2ccc(F)cc2)C1c1ccccc1. The molecule has 1 aliphatic heterocycles. The maximum atomic E-state index is 13.4. The van der Waals surface area contributed by atoms with Crippen molar-refractivity contribution in [3.63, 3.8) is 0 Å². The molecule has 150 valence electrons. The summed E-state index contributed by atoms with van der Waals surface area (Å²) in [5.41, 5.74) is 2.18. The van der Waals surface area contributed by atoms with Gasteiger partial charge < -0.3 is 5.11 Å². The van der Waals surface area contributed by atoms with Crippen LogP contribution in [0.3, 0.4) is 0 Å². The minimum absolute atomic E-state index is 0.0754. The number of rotatable bonds is 6. The molecule has 5 heteroatoms. The van der Waals surface area contributed by atoms with Crippen LogP contribution in [0.2, 0.25) is 0 Å². The van der Waals surface area contributed by atoms with Gasteiger partial charge in [0, 0.05) is 12.1 Å². The molecular weight excluding hydrogens is 381 g/mol. The quantitative estimate of drug-likeness (QED) is 0.637. The third kappa shape index (κ3) is 3.74. The van der Waals surface area contributed by atoms with Crippen LogP contribution in [0, 0.1) is 5.82 Å². The van der Waals surface area contributed by atoms with Gasteiger partial charge >= 0.3 is 0 Å². The lowest BCUT2D eigenvalue weighted by Gasteiger charge is -2.27. The summed E-state index contributed by atoms with van der Waals surface area (Å²) in [6.07, 6.45) is 0.667. The van der Waals surface area contributed by atoms with E-state index in [0.717, 1.165) is 5.56 Å². The van der Waals surface area contributed by atoms with E-state index in [2.05, 4.69) is 0 Å². The molecule has 3 aromatic rings. The van der Waals surface area contributed by atoms with Gasteiger partial charge in [-0.15, -0.1) is 0 Å². The van der Waals surface area contributed by atoms with E-state index < -0.39 is 23.5 Å². The van der Waals surface area contributed by atoms with Crippen molar-refractivity contribution in [1.29, 1.82) is 0 Å². The van der Waals surface area contributed by atoms with Gasteiger partial charge in [-0.3, -0.25) is 14.5 Å². The second-order valence-electron chi connectivity index (χ2n) is 7.14. The van der Waals surface area contributed by atoms with Gasteiger partial charge in [0.2, 0.25) is 0 Å². The number of hydrogen-bond acceptors (Lipinski definition) is 3. The van der Waals surface area contributed by atoms with Crippen molar-refractivity contribution < 1.29 is 19.1 Å². The molecule has 1 aliphatic rings. The first kappa shape index (κ1) is 19.6. The average Bonchev–Trinajstić information content (AvgIpc) is 3.05. The van der Waals surface area contributed by atoms with Gasteiger partial charge in [-0.25, -0.2) is 4.39 Å². The first-order chi connectivity index (χ1) is 14.6. The molecule has 1 amide bonds. The predicted octanol–water partition coefficient (Wildman–Crippen LogP) is 4.93. The normalized spacial score (nSPS) is 16.2. The lowest BCUT2D eigenvalue weighted by molar-refractivity contribution is -0.118. The van der Waals surface area contributed by atoms with E-state index in [-0.39, 0.29) is 17.8 Å². The second kappa shape index (κ2) is 8.33. The van der Waals surface area contributed by atoms with Crippen LogP contribution in [0.1, 0.15) is 23.6 Å². The molecular formula is C25H20FNO3. The summed E-state index contributed by atoms with van der Waals surface area (Å²) in [4.78, 5) is 27.4. The molecule has 3 aromatic carbocycles. The maximum absolute atomic E-state index is 13.4. The molecule has 1 heterocycles. The fraction of sp³-hybridized carbons (Fsp3) is 0.120. The number of carbonyl (C=O) groups excluding carboxylic acids is 2. The molecule has 1 unspecified atom stereocenters. The van der Waals surface area contributed by atoms with Crippen LogP contribution >= 0.6 is 0 Å². The first-order valence-electron chi connectivity index (χ1n) is 9.70. The zero-order valence-electron chi connectivity index (χ0n) is 16.2. The van der Waals surface area contributed by atoms with E-state index in [1.807, 2.05) is 48.5 Å². The standard InChI is InChI=1S/C25H20FNO3/c26-19-12-14-20(15-13-19)27-23(18-9-5-2-6-10-18)22(24(29)25(27)30)21(28)16-11-17-7-3-1-4-8-17/h1-10,12-15,23,29H,11,16H2. The maximum Gasteiger partial charge on any atom is 0.294 e. The van der Waals surface area contributed by atoms with Crippen molar-refractivity contribution in [2.75, 3.05) is 4.90 Å². The van der Waals surface area contributed by atoms with Crippen LogP contribution in [0.15, 0.2) is 96.3 Å². The van der Waals surface area contributed by atoms with Crippen molar-refractivity contribution in [3.8, 4) is 0 Å². The molecule has 0 aromatic heterocycles. The van der Waals surface area contributed by atoms with Crippen molar-refractivity contribution >= 4 is 17.4 Å². The highest BCUT2D eigenvalue weighted by molar-refractivity contribution is 6.16. The van der Waals surface area contributed by atoms with Crippen LogP contribution in [0.25, 0.3) is 0 Å². The van der Waals surface area contributed by atoms with Gasteiger partial charge in [0.1, 0.15) is 5.82 Å². The van der Waals surface area contributed by atoms with Crippen LogP contribution < -0.4 is 4.90 Å². The Morgan fingerprint density at radius 3 is 2.13 bits per heavy atom. The molecule has 0 saturated heterocycles. The molecule has 0 aliphatic carbocycles. The second-order valence-corrected chi connectivity index (χ2v) is 7.14. The van der Waals surface area contributed by atoms with Gasteiger partial charge in [0.15, 0.2) is 11.5 Å². The van der Waals surface area contributed by atoms with E-state index in [0.29, 0.717) is 17.7 Å². The van der Waals surface area contributed by atoms with E-state index >= 15 is 0 Å². The smallest absolute Gasteiger partial charge is 0.294 e. The minimum atomic E-state index is -0.771. The van der Waals surface area contributed by atoms with Crippen LogP contribution in [0.5, 0.6) is 0 Å². The Labute approximate surface area is 173 Å². The Balaban J connectivity index is 1.70. The molecule has 0 radical (unpaired) electrons. The number of aliphatic hydroxyl groups is 1. The van der Waals surface area contributed by atoms with Crippen molar-refractivity contribution in [3.05, 3.63) is 113 Å². The third-order valence-corrected chi connectivity index (χ3v) is 5.21. The lowest BCUT2D eigenvalue weighted by atomic mass is 9.93. The molecule has 1 N–H and O–H groups in total. The van der Waals surface area contributed by atoms with E-state index in [4.69, 9.17) is 0 Å². The van der Waals surface area contributed by atoms with Crippen molar-refractivity contribution in [1.82, 2.24) is 0 Å². The molecule has 4 nitrogen and oxygen atoms in total. The number of carbonyl (C=O) groups is 2. The molecule has 0 fully saturated rings. The molecule has 0 saturated carbocycles. The van der Waals surface area contributed by atoms with E-state index in [9.17, 15) is 19.1 Å². The van der Waals surface area contributed by atoms with E-state index in [1.165, 1.54) is 29.2 Å². The van der Waals surface area contributed by atoms with Gasteiger partial charge in [0.05, 0.1) is 11.6 Å². The third-order valence-electron chi connectivity index (χ3n) is 5.21. The van der Waals surface area contributed by atoms with E-state index in [1.54, 1.807) is 12.1 Å².